The number of ether oxygens (including phenoxy) is 2. The number of halogens is 2. The zero-order valence-electron chi connectivity index (χ0n) is 16.4. The van der Waals surface area contributed by atoms with Gasteiger partial charge in [0.05, 0.1) is 35.9 Å². The van der Waals surface area contributed by atoms with Crippen molar-refractivity contribution >= 4 is 28.5 Å². The highest BCUT2D eigenvalue weighted by Gasteiger charge is 2.34. The molecule has 0 radical (unpaired) electrons. The third kappa shape index (κ3) is 3.58. The molecule has 30 heavy (non-hydrogen) atoms. The second-order valence-corrected chi connectivity index (χ2v) is 6.56. The maximum atomic E-state index is 15.1. The normalized spacial score (nSPS) is 13.0. The van der Waals surface area contributed by atoms with Gasteiger partial charge in [0.1, 0.15) is 17.7 Å². The summed E-state index contributed by atoms with van der Waals surface area (Å²) in [6, 6.07) is 1.52. The molecule has 2 aromatic rings. The molecule has 10 heteroatoms. The summed E-state index contributed by atoms with van der Waals surface area (Å²) in [5, 5.41) is 11.0. The van der Waals surface area contributed by atoms with E-state index in [1.54, 1.807) is 13.0 Å². The lowest BCUT2D eigenvalue weighted by atomic mass is 10.0. The van der Waals surface area contributed by atoms with Gasteiger partial charge in [-0.1, -0.05) is 0 Å². The molecule has 1 N–H and O–H groups in total. The molecule has 0 amide bonds. The number of rotatable bonds is 7. The number of nitriles is 1. The van der Waals surface area contributed by atoms with Gasteiger partial charge in [0.2, 0.25) is 5.43 Å². The van der Waals surface area contributed by atoms with Crippen molar-refractivity contribution in [1.82, 2.24) is 4.57 Å². The second-order valence-electron chi connectivity index (χ2n) is 6.56. The minimum Gasteiger partial charge on any atom is -0.462 e. The van der Waals surface area contributed by atoms with Crippen LogP contribution in [0.2, 0.25) is 0 Å². The van der Waals surface area contributed by atoms with Crippen molar-refractivity contribution in [1.29, 1.82) is 5.26 Å². The van der Waals surface area contributed by atoms with Crippen LogP contribution in [0, 0.1) is 23.0 Å². The Morgan fingerprint density at radius 3 is 2.40 bits per heavy atom. The largest absolute Gasteiger partial charge is 0.462 e. The van der Waals surface area contributed by atoms with Gasteiger partial charge in [-0.2, -0.15) is 5.26 Å². The summed E-state index contributed by atoms with van der Waals surface area (Å²) in [6.45, 7) is 2.52. The fraction of sp³-hybridized carbons (Fsp3) is 0.400. The number of carbonyl (C=O) groups excluding carboxylic acids is 2. The number of hydrogen-bond donors (Lipinski definition) is 1. The molecule has 0 bridgehead atoms. The number of pyridine rings is 1. The minimum absolute atomic E-state index is 0.00509. The Labute approximate surface area is 170 Å². The van der Waals surface area contributed by atoms with Gasteiger partial charge < -0.3 is 19.4 Å². The zero-order chi connectivity index (χ0) is 22.0. The molecule has 0 aliphatic heterocycles. The van der Waals surface area contributed by atoms with Gasteiger partial charge in [-0.05, 0) is 26.7 Å². The number of aromatic nitrogens is 1. The number of hydrogen-bond acceptors (Lipinski definition) is 7. The number of nitrogens with one attached hydrogen (secondary N) is 1. The van der Waals surface area contributed by atoms with E-state index in [0.717, 1.165) is 6.20 Å². The lowest BCUT2D eigenvalue weighted by Gasteiger charge is -2.19. The van der Waals surface area contributed by atoms with Crippen LogP contribution in [-0.4, -0.2) is 36.3 Å². The Bertz CT molecular complexity index is 1130. The topological polar surface area (TPSA) is 110 Å². The summed E-state index contributed by atoms with van der Waals surface area (Å²) in [4.78, 5) is 37.8. The molecular weight excluding hydrogens is 400 g/mol. The van der Waals surface area contributed by atoms with Gasteiger partial charge in [0, 0.05) is 12.2 Å². The Hall–Kier alpha value is -3.48. The summed E-state index contributed by atoms with van der Waals surface area (Å²) in [6.07, 6.45) is 2.44. The maximum absolute atomic E-state index is 15.1. The lowest BCUT2D eigenvalue weighted by molar-refractivity contribution is 0.0514. The average molecular weight is 419 g/mol. The summed E-state index contributed by atoms with van der Waals surface area (Å²) in [5.74, 6) is -5.03. The van der Waals surface area contributed by atoms with Crippen molar-refractivity contribution in [3.05, 3.63) is 39.2 Å². The van der Waals surface area contributed by atoms with Gasteiger partial charge in [-0.25, -0.2) is 18.4 Å². The van der Waals surface area contributed by atoms with E-state index in [9.17, 15) is 18.8 Å². The van der Waals surface area contributed by atoms with Crippen LogP contribution in [-0.2, 0) is 9.47 Å². The fourth-order valence-electron chi connectivity index (χ4n) is 3.23. The van der Waals surface area contributed by atoms with E-state index in [0.29, 0.717) is 12.8 Å². The number of fused-ring (bicyclic) bond motifs is 1. The number of esters is 2. The third-order valence-corrected chi connectivity index (χ3v) is 4.61. The van der Waals surface area contributed by atoms with E-state index in [2.05, 4.69) is 5.32 Å². The van der Waals surface area contributed by atoms with Gasteiger partial charge >= 0.3 is 11.9 Å². The summed E-state index contributed by atoms with van der Waals surface area (Å²) in [7, 11) is 0. The van der Waals surface area contributed by atoms with Crippen molar-refractivity contribution in [2.24, 2.45) is 0 Å². The second kappa shape index (κ2) is 8.49. The summed E-state index contributed by atoms with van der Waals surface area (Å²) >= 11 is 0. The van der Waals surface area contributed by atoms with Gasteiger partial charge in [-0.3, -0.25) is 4.79 Å². The molecule has 1 aliphatic rings. The molecule has 0 atom stereocenters. The Morgan fingerprint density at radius 2 is 1.83 bits per heavy atom. The van der Waals surface area contributed by atoms with E-state index in [1.807, 2.05) is 0 Å². The highest BCUT2D eigenvalue weighted by atomic mass is 19.2. The molecule has 1 saturated carbocycles. The molecule has 158 valence electrons. The van der Waals surface area contributed by atoms with E-state index in [4.69, 9.17) is 14.7 Å². The van der Waals surface area contributed by atoms with Crippen molar-refractivity contribution in [3.63, 3.8) is 0 Å². The monoisotopic (exact) mass is 419 g/mol. The molecular formula is C20H19F2N3O5. The Morgan fingerprint density at radius 1 is 1.20 bits per heavy atom. The standard InChI is InChI=1S/C20H19F2N3O5/c1-3-29-19(27)11-9-25(10-5-6-10)17-13(18(11)26)16(24-8-7-23)12(14(21)15(17)22)20(28)30-4-2/h9-10,24H,3-6,8H2,1-2H3. The van der Waals surface area contributed by atoms with Crippen LogP contribution in [0.25, 0.3) is 10.9 Å². The van der Waals surface area contributed by atoms with Gasteiger partial charge in [0.15, 0.2) is 11.6 Å². The van der Waals surface area contributed by atoms with Crippen molar-refractivity contribution < 1.29 is 27.8 Å². The highest BCUT2D eigenvalue weighted by molar-refractivity contribution is 6.07. The van der Waals surface area contributed by atoms with Gasteiger partial charge in [-0.15, -0.1) is 0 Å². The number of carbonyl (C=O) groups is 2. The third-order valence-electron chi connectivity index (χ3n) is 4.61. The van der Waals surface area contributed by atoms with Crippen molar-refractivity contribution in [3.8, 4) is 6.07 Å². The maximum Gasteiger partial charge on any atom is 0.343 e. The first kappa shape index (κ1) is 21.2. The molecule has 0 spiro atoms. The molecule has 1 aromatic heterocycles. The number of benzene rings is 1. The van der Waals surface area contributed by atoms with E-state index in [1.165, 1.54) is 11.5 Å². The molecule has 8 nitrogen and oxygen atoms in total. The van der Waals surface area contributed by atoms with Crippen LogP contribution < -0.4 is 10.7 Å². The molecule has 1 aromatic carbocycles. The van der Waals surface area contributed by atoms with Crippen LogP contribution >= 0.6 is 0 Å². The first-order chi connectivity index (χ1) is 14.4. The average Bonchev–Trinajstić information content (AvgIpc) is 3.55. The molecule has 1 fully saturated rings. The van der Waals surface area contributed by atoms with Crippen LogP contribution in [0.3, 0.4) is 0 Å². The molecule has 0 unspecified atom stereocenters. The Kier molecular flexibility index (Phi) is 6.01. The molecule has 3 rings (SSSR count). The lowest BCUT2D eigenvalue weighted by Crippen LogP contribution is -2.25. The van der Waals surface area contributed by atoms with E-state index in [-0.39, 0.29) is 30.3 Å². The van der Waals surface area contributed by atoms with Crippen molar-refractivity contribution in [2.75, 3.05) is 25.1 Å². The first-order valence-electron chi connectivity index (χ1n) is 9.42. The predicted octanol–water partition coefficient (Wildman–Crippen LogP) is 2.90. The van der Waals surface area contributed by atoms with Gasteiger partial charge in [0.25, 0.3) is 0 Å². The van der Waals surface area contributed by atoms with E-state index >= 15 is 4.39 Å². The van der Waals surface area contributed by atoms with Crippen LogP contribution in [0.1, 0.15) is 53.4 Å². The first-order valence-corrected chi connectivity index (χ1v) is 9.42. The van der Waals surface area contributed by atoms with Crippen LogP contribution in [0.4, 0.5) is 14.5 Å². The quantitative estimate of drug-likeness (QED) is 0.543. The minimum atomic E-state index is -1.50. The number of anilines is 1. The fourth-order valence-corrected chi connectivity index (χ4v) is 3.23. The van der Waals surface area contributed by atoms with Crippen LogP contribution in [0.5, 0.6) is 0 Å². The van der Waals surface area contributed by atoms with Crippen LogP contribution in [0.15, 0.2) is 11.0 Å². The molecule has 0 saturated heterocycles. The molecule has 1 aliphatic carbocycles. The predicted molar refractivity (Wildman–Crippen MR) is 102 cm³/mol. The zero-order valence-corrected chi connectivity index (χ0v) is 16.4. The number of nitrogens with zero attached hydrogens (tertiary/aromatic N) is 2. The Balaban J connectivity index is 2.48. The smallest absolute Gasteiger partial charge is 0.343 e. The van der Waals surface area contributed by atoms with E-state index < -0.39 is 52.2 Å². The summed E-state index contributed by atoms with van der Waals surface area (Å²) in [5.41, 5.74) is -2.93. The summed E-state index contributed by atoms with van der Waals surface area (Å²) < 4.78 is 41.1. The highest BCUT2D eigenvalue weighted by Crippen LogP contribution is 2.40. The van der Waals surface area contributed by atoms with Crippen molar-refractivity contribution in [2.45, 2.75) is 32.7 Å². The molecule has 1 heterocycles. The SMILES string of the molecule is CCOC(=O)c1c(F)c(F)c2c(c1NCC#N)c(=O)c(C(=O)OCC)cn2C1CC1.